The molecule has 1 aliphatic heterocycles. The van der Waals surface area contributed by atoms with Crippen LogP contribution in [-0.4, -0.2) is 31.1 Å². The van der Waals surface area contributed by atoms with E-state index in [0.717, 1.165) is 5.56 Å². The molecule has 0 spiro atoms. The van der Waals surface area contributed by atoms with Crippen LogP contribution >= 0.6 is 0 Å². The van der Waals surface area contributed by atoms with Crippen molar-refractivity contribution in [2.24, 2.45) is 0 Å². The van der Waals surface area contributed by atoms with Gasteiger partial charge in [-0.3, -0.25) is 9.59 Å². The summed E-state index contributed by atoms with van der Waals surface area (Å²) in [6.45, 7) is 5.83. The Bertz CT molecular complexity index is 966. The normalized spacial score (nSPS) is 14.6. The third-order valence-electron chi connectivity index (χ3n) is 4.32. The number of ether oxygens (including phenoxy) is 3. The largest absolute Gasteiger partial charge is 0.493 e. The van der Waals surface area contributed by atoms with Crippen LogP contribution in [0.15, 0.2) is 42.5 Å². The molecule has 2 N–H and O–H groups in total. The zero-order valence-electron chi connectivity index (χ0n) is 16.9. The SMILES string of the molecule is CCOc1ccc(/C=C/C(=O)Nc2ccc3c(c2)NC(=O)C(C)(C)O3)cc1OC. The molecule has 1 aliphatic rings. The number of nitrogens with one attached hydrogen (secondary N) is 2. The molecule has 0 bridgehead atoms. The molecule has 0 aromatic heterocycles. The zero-order chi connectivity index (χ0) is 21.0. The van der Waals surface area contributed by atoms with Crippen LogP contribution in [0.2, 0.25) is 0 Å². The van der Waals surface area contributed by atoms with Gasteiger partial charge >= 0.3 is 0 Å². The Morgan fingerprint density at radius 1 is 1.21 bits per heavy atom. The number of hydrogen-bond donors (Lipinski definition) is 2. The van der Waals surface area contributed by atoms with Gasteiger partial charge in [-0.25, -0.2) is 0 Å². The van der Waals surface area contributed by atoms with Gasteiger partial charge in [0.1, 0.15) is 5.75 Å². The third kappa shape index (κ3) is 4.68. The number of carbonyl (C=O) groups excluding carboxylic acids is 2. The number of anilines is 2. The van der Waals surface area contributed by atoms with Crippen LogP contribution in [0.5, 0.6) is 17.2 Å². The lowest BCUT2D eigenvalue weighted by Crippen LogP contribution is -2.45. The molecule has 7 nitrogen and oxygen atoms in total. The lowest BCUT2D eigenvalue weighted by atomic mass is 10.1. The molecule has 1 heterocycles. The van der Waals surface area contributed by atoms with E-state index in [0.29, 0.717) is 35.2 Å². The fraction of sp³-hybridized carbons (Fsp3) is 0.273. The Balaban J connectivity index is 1.68. The van der Waals surface area contributed by atoms with E-state index in [1.165, 1.54) is 6.08 Å². The smallest absolute Gasteiger partial charge is 0.268 e. The number of methoxy groups -OCH3 is 1. The van der Waals surface area contributed by atoms with Crippen molar-refractivity contribution in [3.05, 3.63) is 48.0 Å². The first-order valence-electron chi connectivity index (χ1n) is 9.27. The highest BCUT2D eigenvalue weighted by Gasteiger charge is 2.35. The molecule has 2 aromatic carbocycles. The van der Waals surface area contributed by atoms with Gasteiger partial charge in [0.2, 0.25) is 5.91 Å². The molecule has 0 atom stereocenters. The van der Waals surface area contributed by atoms with Crippen molar-refractivity contribution in [3.8, 4) is 17.2 Å². The maximum atomic E-state index is 12.3. The number of benzene rings is 2. The second-order valence-corrected chi connectivity index (χ2v) is 6.94. The lowest BCUT2D eigenvalue weighted by molar-refractivity contribution is -0.129. The monoisotopic (exact) mass is 396 g/mol. The summed E-state index contributed by atoms with van der Waals surface area (Å²) in [5.74, 6) is 1.27. The average molecular weight is 396 g/mol. The first-order valence-corrected chi connectivity index (χ1v) is 9.27. The quantitative estimate of drug-likeness (QED) is 0.725. The summed E-state index contributed by atoms with van der Waals surface area (Å²) >= 11 is 0. The highest BCUT2D eigenvalue weighted by molar-refractivity contribution is 6.04. The van der Waals surface area contributed by atoms with Crippen LogP contribution in [-0.2, 0) is 9.59 Å². The van der Waals surface area contributed by atoms with Crippen LogP contribution in [0, 0.1) is 0 Å². The van der Waals surface area contributed by atoms with Crippen LogP contribution in [0.25, 0.3) is 6.08 Å². The molecule has 2 aromatic rings. The summed E-state index contributed by atoms with van der Waals surface area (Å²) in [5, 5.41) is 5.56. The first kappa shape index (κ1) is 20.3. The zero-order valence-corrected chi connectivity index (χ0v) is 16.9. The number of fused-ring (bicyclic) bond motifs is 1. The Morgan fingerprint density at radius 3 is 2.72 bits per heavy atom. The standard InChI is InChI=1S/C22H24N2O5/c1-5-28-18-9-6-14(12-19(18)27-4)7-11-20(25)23-15-8-10-17-16(13-15)24-21(26)22(2,3)29-17/h6-13H,5H2,1-4H3,(H,23,25)(H,24,26)/b11-7+. The summed E-state index contributed by atoms with van der Waals surface area (Å²) < 4.78 is 16.5. The van der Waals surface area contributed by atoms with Crippen molar-refractivity contribution in [1.29, 1.82) is 0 Å². The van der Waals surface area contributed by atoms with Gasteiger partial charge in [-0.15, -0.1) is 0 Å². The first-order chi connectivity index (χ1) is 13.8. The Labute approximate surface area is 169 Å². The highest BCUT2D eigenvalue weighted by atomic mass is 16.5. The van der Waals surface area contributed by atoms with E-state index in [9.17, 15) is 9.59 Å². The minimum atomic E-state index is -0.931. The molecule has 0 fully saturated rings. The van der Waals surface area contributed by atoms with Gasteiger partial charge in [-0.05, 0) is 62.7 Å². The van der Waals surface area contributed by atoms with Crippen molar-refractivity contribution in [2.75, 3.05) is 24.4 Å². The molecule has 0 aliphatic carbocycles. The summed E-state index contributed by atoms with van der Waals surface area (Å²) in [4.78, 5) is 24.3. The highest BCUT2D eigenvalue weighted by Crippen LogP contribution is 2.35. The summed E-state index contributed by atoms with van der Waals surface area (Å²) in [7, 11) is 1.57. The molecule has 152 valence electrons. The number of carbonyl (C=O) groups is 2. The molecule has 29 heavy (non-hydrogen) atoms. The van der Waals surface area contributed by atoms with Gasteiger partial charge in [0.15, 0.2) is 17.1 Å². The lowest BCUT2D eigenvalue weighted by Gasteiger charge is -2.31. The molecule has 7 heteroatoms. The van der Waals surface area contributed by atoms with Gasteiger partial charge in [-0.2, -0.15) is 0 Å². The summed E-state index contributed by atoms with van der Waals surface area (Å²) in [5.41, 5.74) is 0.937. The third-order valence-corrected chi connectivity index (χ3v) is 4.32. The Hall–Kier alpha value is -3.48. The number of hydrogen-bond acceptors (Lipinski definition) is 5. The van der Waals surface area contributed by atoms with E-state index in [2.05, 4.69) is 10.6 Å². The van der Waals surface area contributed by atoms with Crippen LogP contribution < -0.4 is 24.8 Å². The second-order valence-electron chi connectivity index (χ2n) is 6.94. The number of amides is 2. The van der Waals surface area contributed by atoms with Crippen molar-refractivity contribution in [2.45, 2.75) is 26.4 Å². The summed E-state index contributed by atoms with van der Waals surface area (Å²) in [6.07, 6.45) is 3.10. The van der Waals surface area contributed by atoms with Crippen molar-refractivity contribution < 1.29 is 23.8 Å². The van der Waals surface area contributed by atoms with E-state index in [1.807, 2.05) is 13.0 Å². The maximum absolute atomic E-state index is 12.3. The van der Waals surface area contributed by atoms with E-state index in [-0.39, 0.29) is 11.8 Å². The van der Waals surface area contributed by atoms with E-state index >= 15 is 0 Å². The van der Waals surface area contributed by atoms with Crippen molar-refractivity contribution in [1.82, 2.24) is 0 Å². The van der Waals surface area contributed by atoms with Crippen molar-refractivity contribution >= 4 is 29.3 Å². The van der Waals surface area contributed by atoms with Gasteiger partial charge in [0.25, 0.3) is 5.91 Å². The van der Waals surface area contributed by atoms with Gasteiger partial charge in [0, 0.05) is 11.8 Å². The Morgan fingerprint density at radius 2 is 2.00 bits per heavy atom. The number of rotatable bonds is 6. The topological polar surface area (TPSA) is 85.9 Å². The molecule has 0 saturated heterocycles. The van der Waals surface area contributed by atoms with E-state index in [4.69, 9.17) is 14.2 Å². The Kier molecular flexibility index (Phi) is 5.77. The van der Waals surface area contributed by atoms with Crippen LogP contribution in [0.4, 0.5) is 11.4 Å². The minimum Gasteiger partial charge on any atom is -0.493 e. The van der Waals surface area contributed by atoms with Gasteiger partial charge < -0.3 is 24.8 Å². The summed E-state index contributed by atoms with van der Waals surface area (Å²) in [6, 6.07) is 10.5. The van der Waals surface area contributed by atoms with E-state index in [1.54, 1.807) is 57.4 Å². The molecule has 0 radical (unpaired) electrons. The fourth-order valence-corrected chi connectivity index (χ4v) is 2.81. The average Bonchev–Trinajstić information content (AvgIpc) is 2.68. The second kappa shape index (κ2) is 8.26. The van der Waals surface area contributed by atoms with Gasteiger partial charge in [0.05, 0.1) is 19.4 Å². The molecule has 2 amide bonds. The van der Waals surface area contributed by atoms with Crippen LogP contribution in [0.1, 0.15) is 26.3 Å². The molecule has 3 rings (SSSR count). The fourth-order valence-electron chi connectivity index (χ4n) is 2.81. The molecule has 0 saturated carbocycles. The predicted octanol–water partition coefficient (Wildman–Crippen LogP) is 3.86. The van der Waals surface area contributed by atoms with Crippen LogP contribution in [0.3, 0.4) is 0 Å². The van der Waals surface area contributed by atoms with Gasteiger partial charge in [-0.1, -0.05) is 6.07 Å². The molecule has 0 unspecified atom stereocenters. The van der Waals surface area contributed by atoms with E-state index < -0.39 is 5.60 Å². The minimum absolute atomic E-state index is 0.238. The predicted molar refractivity (Wildman–Crippen MR) is 112 cm³/mol. The molecular formula is C22H24N2O5. The maximum Gasteiger partial charge on any atom is 0.268 e. The molecular weight excluding hydrogens is 372 g/mol. The van der Waals surface area contributed by atoms with Crippen molar-refractivity contribution in [3.63, 3.8) is 0 Å².